The highest BCUT2D eigenvalue weighted by molar-refractivity contribution is 7.13. The van der Waals surface area contributed by atoms with E-state index in [0.29, 0.717) is 35.9 Å². The highest BCUT2D eigenvalue weighted by atomic mass is 32.1. The second-order valence-electron chi connectivity index (χ2n) is 6.40. The summed E-state index contributed by atoms with van der Waals surface area (Å²) in [5.41, 5.74) is 8.34. The van der Waals surface area contributed by atoms with Gasteiger partial charge in [-0.05, 0) is 42.7 Å². The van der Waals surface area contributed by atoms with E-state index in [1.807, 2.05) is 5.38 Å². The van der Waals surface area contributed by atoms with Crippen LogP contribution in [0, 0.1) is 5.82 Å². The van der Waals surface area contributed by atoms with Crippen LogP contribution in [0.2, 0.25) is 0 Å². The fourth-order valence-electron chi connectivity index (χ4n) is 2.59. The molecule has 0 saturated carbocycles. The zero-order valence-electron chi connectivity index (χ0n) is 15.6. The van der Waals surface area contributed by atoms with Gasteiger partial charge in [-0.25, -0.2) is 14.4 Å². The summed E-state index contributed by atoms with van der Waals surface area (Å²) in [4.78, 5) is 20.7. The largest absolute Gasteiger partial charge is 0.396 e. The van der Waals surface area contributed by atoms with Gasteiger partial charge in [0.1, 0.15) is 11.6 Å². The molecule has 29 heavy (non-hydrogen) atoms. The second kappa shape index (κ2) is 10.1. The highest BCUT2D eigenvalue weighted by Crippen LogP contribution is 2.24. The first kappa shape index (κ1) is 20.8. The summed E-state index contributed by atoms with van der Waals surface area (Å²) in [7, 11) is 0. The Hall–Kier alpha value is -2.88. The summed E-state index contributed by atoms with van der Waals surface area (Å²) >= 11 is 1.40. The van der Waals surface area contributed by atoms with Crippen LogP contribution in [0.3, 0.4) is 0 Å². The highest BCUT2D eigenvalue weighted by Gasteiger charge is 2.12. The molecule has 0 aliphatic carbocycles. The molecule has 3 rings (SSSR count). The van der Waals surface area contributed by atoms with Crippen LogP contribution in [0.1, 0.15) is 34.1 Å². The predicted octanol–water partition coefficient (Wildman–Crippen LogP) is 2.78. The Morgan fingerprint density at radius 1 is 1.24 bits per heavy atom. The van der Waals surface area contributed by atoms with Gasteiger partial charge in [0, 0.05) is 24.7 Å². The number of nitrogens with one attached hydrogen (secondary N) is 2. The topological polar surface area (TPSA) is 113 Å². The first-order valence-corrected chi connectivity index (χ1v) is 10.0. The van der Waals surface area contributed by atoms with E-state index in [1.54, 1.807) is 24.3 Å². The van der Waals surface area contributed by atoms with E-state index in [4.69, 9.17) is 10.8 Å². The molecule has 0 aliphatic rings. The summed E-state index contributed by atoms with van der Waals surface area (Å²) < 4.78 is 13.0. The van der Waals surface area contributed by atoms with Crippen LogP contribution in [0.4, 0.5) is 15.3 Å². The average molecular weight is 415 g/mol. The Kier molecular flexibility index (Phi) is 7.23. The van der Waals surface area contributed by atoms with Crippen molar-refractivity contribution in [3.05, 3.63) is 70.6 Å². The molecule has 0 bridgehead atoms. The van der Waals surface area contributed by atoms with Gasteiger partial charge in [-0.15, -0.1) is 11.3 Å². The molecular formula is C20H22FN5O2S. The summed E-state index contributed by atoms with van der Waals surface area (Å²) in [6.07, 6.45) is 2.54. The number of anilines is 2. The van der Waals surface area contributed by atoms with E-state index in [1.165, 1.54) is 29.7 Å². The third-order valence-corrected chi connectivity index (χ3v) is 4.93. The van der Waals surface area contributed by atoms with E-state index in [2.05, 4.69) is 20.6 Å². The van der Waals surface area contributed by atoms with Gasteiger partial charge in [-0.1, -0.05) is 12.1 Å². The molecule has 1 aromatic carbocycles. The Bertz CT molecular complexity index is 931. The minimum atomic E-state index is -0.301. The molecular weight excluding hydrogens is 393 g/mol. The molecule has 1 unspecified atom stereocenters. The van der Waals surface area contributed by atoms with Gasteiger partial charge >= 0.3 is 0 Å². The van der Waals surface area contributed by atoms with Crippen molar-refractivity contribution >= 4 is 28.2 Å². The molecule has 0 spiro atoms. The molecule has 1 amide bonds. The lowest BCUT2D eigenvalue weighted by Crippen LogP contribution is -2.25. The van der Waals surface area contributed by atoms with Gasteiger partial charge in [0.05, 0.1) is 17.3 Å². The van der Waals surface area contributed by atoms with Gasteiger partial charge in [0.15, 0.2) is 5.13 Å². The first-order chi connectivity index (χ1) is 14.0. The lowest BCUT2D eigenvalue weighted by Gasteiger charge is -2.09. The normalized spacial score (nSPS) is 11.8. The summed E-state index contributed by atoms with van der Waals surface area (Å²) in [5, 5.41) is 17.1. The SMILES string of the molecule is NC(Cc1ccc(F)cc1)c1csc(Nc2ccc(C(=O)NCCCO)cn2)n1. The van der Waals surface area contributed by atoms with Crippen molar-refractivity contribution < 1.29 is 14.3 Å². The van der Waals surface area contributed by atoms with Crippen molar-refractivity contribution in [1.29, 1.82) is 0 Å². The van der Waals surface area contributed by atoms with E-state index in [-0.39, 0.29) is 24.4 Å². The van der Waals surface area contributed by atoms with Gasteiger partial charge in [-0.3, -0.25) is 4.79 Å². The van der Waals surface area contributed by atoms with Crippen molar-refractivity contribution in [2.75, 3.05) is 18.5 Å². The van der Waals surface area contributed by atoms with Crippen LogP contribution in [0.15, 0.2) is 48.0 Å². The third-order valence-electron chi connectivity index (χ3n) is 4.15. The number of halogens is 1. The minimum absolute atomic E-state index is 0.0325. The number of aromatic nitrogens is 2. The van der Waals surface area contributed by atoms with Crippen LogP contribution in [-0.4, -0.2) is 34.1 Å². The number of nitrogens with zero attached hydrogens (tertiary/aromatic N) is 2. The maximum absolute atomic E-state index is 13.0. The minimum Gasteiger partial charge on any atom is -0.396 e. The smallest absolute Gasteiger partial charge is 0.252 e. The van der Waals surface area contributed by atoms with Crippen molar-refractivity contribution in [1.82, 2.24) is 15.3 Å². The molecule has 0 saturated heterocycles. The Balaban J connectivity index is 1.56. The molecule has 2 aromatic heterocycles. The number of aliphatic hydroxyl groups excluding tert-OH is 1. The number of carbonyl (C=O) groups excluding carboxylic acids is 1. The number of benzene rings is 1. The number of pyridine rings is 1. The summed E-state index contributed by atoms with van der Waals surface area (Å²) in [6, 6.07) is 9.32. The lowest BCUT2D eigenvalue weighted by molar-refractivity contribution is 0.0951. The first-order valence-electron chi connectivity index (χ1n) is 9.12. The zero-order valence-corrected chi connectivity index (χ0v) is 16.5. The average Bonchev–Trinajstić information content (AvgIpc) is 3.19. The predicted molar refractivity (Wildman–Crippen MR) is 111 cm³/mol. The number of hydrogen-bond donors (Lipinski definition) is 4. The standard InChI is InChI=1S/C20H22FN5O2S/c21-15-5-2-13(3-6-15)10-16(22)17-12-29-20(25-17)26-18-7-4-14(11-24-18)19(28)23-8-1-9-27/h2-7,11-12,16,27H,1,8-10,22H2,(H,23,28)(H,24,25,26). The molecule has 1 atom stereocenters. The van der Waals surface area contributed by atoms with Gasteiger partial charge in [-0.2, -0.15) is 0 Å². The maximum atomic E-state index is 13.0. The molecule has 7 nitrogen and oxygen atoms in total. The van der Waals surface area contributed by atoms with Crippen molar-refractivity contribution in [3.63, 3.8) is 0 Å². The molecule has 0 radical (unpaired) electrons. The number of rotatable bonds is 9. The van der Waals surface area contributed by atoms with Gasteiger partial charge in [0.25, 0.3) is 5.91 Å². The molecule has 5 N–H and O–H groups in total. The number of nitrogens with two attached hydrogens (primary N) is 1. The van der Waals surface area contributed by atoms with Crippen LogP contribution in [0.5, 0.6) is 0 Å². The molecule has 152 valence electrons. The number of carbonyl (C=O) groups is 1. The van der Waals surface area contributed by atoms with Crippen molar-refractivity contribution in [2.45, 2.75) is 18.9 Å². The van der Waals surface area contributed by atoms with Crippen molar-refractivity contribution in [2.24, 2.45) is 5.73 Å². The summed E-state index contributed by atoms with van der Waals surface area (Å²) in [6.45, 7) is 0.445. The Labute approximate surface area is 171 Å². The summed E-state index contributed by atoms with van der Waals surface area (Å²) in [5.74, 6) is 0.0503. The van der Waals surface area contributed by atoms with Gasteiger partial charge < -0.3 is 21.5 Å². The molecule has 2 heterocycles. The maximum Gasteiger partial charge on any atom is 0.252 e. The fourth-order valence-corrected chi connectivity index (χ4v) is 3.37. The molecule has 3 aromatic rings. The Morgan fingerprint density at radius 2 is 2.03 bits per heavy atom. The fraction of sp³-hybridized carbons (Fsp3) is 0.250. The van der Waals surface area contributed by atoms with Crippen LogP contribution < -0.4 is 16.4 Å². The van der Waals surface area contributed by atoms with Crippen LogP contribution in [-0.2, 0) is 6.42 Å². The van der Waals surface area contributed by atoms with E-state index < -0.39 is 0 Å². The monoisotopic (exact) mass is 415 g/mol. The molecule has 9 heteroatoms. The molecule has 0 fully saturated rings. The zero-order chi connectivity index (χ0) is 20.6. The molecule has 0 aliphatic heterocycles. The Morgan fingerprint density at radius 3 is 2.72 bits per heavy atom. The number of aliphatic hydroxyl groups is 1. The van der Waals surface area contributed by atoms with Crippen LogP contribution >= 0.6 is 11.3 Å². The van der Waals surface area contributed by atoms with E-state index in [9.17, 15) is 9.18 Å². The van der Waals surface area contributed by atoms with Crippen LogP contribution in [0.25, 0.3) is 0 Å². The number of thiazole rings is 1. The second-order valence-corrected chi connectivity index (χ2v) is 7.26. The van der Waals surface area contributed by atoms with Gasteiger partial charge in [0.2, 0.25) is 0 Å². The quantitative estimate of drug-likeness (QED) is 0.400. The number of amides is 1. The van der Waals surface area contributed by atoms with Crippen molar-refractivity contribution in [3.8, 4) is 0 Å². The lowest BCUT2D eigenvalue weighted by atomic mass is 10.0. The van der Waals surface area contributed by atoms with E-state index in [0.717, 1.165) is 11.3 Å². The number of hydrogen-bond acceptors (Lipinski definition) is 7. The third kappa shape index (κ3) is 6.05. The van der Waals surface area contributed by atoms with E-state index >= 15 is 0 Å².